The van der Waals surface area contributed by atoms with Crippen LogP contribution >= 0.6 is 0 Å². The minimum absolute atomic E-state index is 0.00969. The first-order valence-electron chi connectivity index (χ1n) is 13.1. The largest absolute Gasteiger partial charge is 0.367 e. The third-order valence-electron chi connectivity index (χ3n) is 7.20. The summed E-state index contributed by atoms with van der Waals surface area (Å²) < 4.78 is 16.8. The van der Waals surface area contributed by atoms with Crippen molar-refractivity contribution in [2.75, 3.05) is 30.8 Å². The molecule has 2 aliphatic heterocycles. The third-order valence-corrected chi connectivity index (χ3v) is 7.20. The van der Waals surface area contributed by atoms with Gasteiger partial charge in [0.15, 0.2) is 5.65 Å². The quantitative estimate of drug-likeness (QED) is 0.270. The molecule has 3 amide bonds. The summed E-state index contributed by atoms with van der Waals surface area (Å²) in [7, 11) is 2.05. The van der Waals surface area contributed by atoms with E-state index in [0.29, 0.717) is 34.5 Å². The Bertz CT molecular complexity index is 1500. The molecule has 2 saturated heterocycles. The van der Waals surface area contributed by atoms with Crippen LogP contribution in [-0.4, -0.2) is 69.4 Å². The lowest BCUT2D eigenvalue weighted by molar-refractivity contribution is -0.124. The Morgan fingerprint density at radius 1 is 1.13 bits per heavy atom. The zero-order valence-corrected chi connectivity index (χ0v) is 21.5. The number of piperidine rings is 1. The van der Waals surface area contributed by atoms with Gasteiger partial charge >= 0.3 is 0 Å². The number of fused-ring (bicyclic) bond motifs is 1. The van der Waals surface area contributed by atoms with Crippen molar-refractivity contribution in [1.29, 1.82) is 0 Å². The van der Waals surface area contributed by atoms with E-state index < -0.39 is 11.7 Å². The van der Waals surface area contributed by atoms with E-state index in [-0.39, 0.29) is 35.5 Å². The van der Waals surface area contributed by atoms with Crippen molar-refractivity contribution < 1.29 is 18.8 Å². The van der Waals surface area contributed by atoms with E-state index >= 15 is 4.39 Å². The Morgan fingerprint density at radius 3 is 2.62 bits per heavy atom. The molecule has 4 heterocycles. The Morgan fingerprint density at radius 2 is 1.92 bits per heavy atom. The number of imide groups is 1. The highest BCUT2D eigenvalue weighted by Gasteiger charge is 2.26. The third kappa shape index (κ3) is 5.46. The van der Waals surface area contributed by atoms with Crippen molar-refractivity contribution >= 4 is 46.8 Å². The van der Waals surface area contributed by atoms with Gasteiger partial charge in [0.1, 0.15) is 17.5 Å². The molecular formula is C27H29FN8O3. The highest BCUT2D eigenvalue weighted by Crippen LogP contribution is 2.29. The molecule has 12 heteroatoms. The van der Waals surface area contributed by atoms with Crippen molar-refractivity contribution in [3.05, 3.63) is 53.0 Å². The highest BCUT2D eigenvalue weighted by molar-refractivity contribution is 6.15. The number of carbonyl (C=O) groups is 3. The number of amides is 3. The van der Waals surface area contributed by atoms with Crippen molar-refractivity contribution in [2.45, 2.75) is 44.2 Å². The maximum absolute atomic E-state index is 15.1. The average molecular weight is 533 g/mol. The number of benzene rings is 1. The summed E-state index contributed by atoms with van der Waals surface area (Å²) in [5.41, 5.74) is 1.74. The maximum Gasteiger partial charge on any atom is 0.254 e. The first-order valence-corrected chi connectivity index (χ1v) is 13.1. The number of halogens is 1. The van der Waals surface area contributed by atoms with Crippen LogP contribution in [0.2, 0.25) is 0 Å². The molecule has 3 aromatic rings. The minimum Gasteiger partial charge on any atom is -0.367 e. The summed E-state index contributed by atoms with van der Waals surface area (Å²) in [6.07, 6.45) is 6.95. The molecular weight excluding hydrogens is 503 g/mol. The highest BCUT2D eigenvalue weighted by atomic mass is 19.1. The summed E-state index contributed by atoms with van der Waals surface area (Å²) in [5.74, 6) is -0.644. The maximum atomic E-state index is 15.1. The Kier molecular flexibility index (Phi) is 6.47. The smallest absolute Gasteiger partial charge is 0.254 e. The normalized spacial score (nSPS) is 19.5. The second-order valence-corrected chi connectivity index (χ2v) is 10.4. The molecule has 0 radical (unpaired) electrons. The van der Waals surface area contributed by atoms with E-state index in [1.807, 2.05) is 0 Å². The molecule has 0 atom stereocenters. The van der Waals surface area contributed by atoms with Crippen molar-refractivity contribution in [1.82, 2.24) is 30.1 Å². The molecule has 4 N–H and O–H groups in total. The lowest BCUT2D eigenvalue weighted by Crippen LogP contribution is -2.43. The molecule has 11 nitrogen and oxygen atoms in total. The second kappa shape index (κ2) is 10.1. The van der Waals surface area contributed by atoms with Gasteiger partial charge in [0.25, 0.3) is 11.8 Å². The van der Waals surface area contributed by atoms with Gasteiger partial charge in [-0.05, 0) is 70.1 Å². The van der Waals surface area contributed by atoms with Crippen LogP contribution in [0.1, 0.15) is 48.0 Å². The first-order chi connectivity index (χ1) is 18.8. The second-order valence-electron chi connectivity index (χ2n) is 10.4. The molecule has 0 bridgehead atoms. The van der Waals surface area contributed by atoms with E-state index in [9.17, 15) is 14.4 Å². The van der Waals surface area contributed by atoms with E-state index in [1.165, 1.54) is 12.1 Å². The van der Waals surface area contributed by atoms with Crippen LogP contribution in [-0.2, 0) is 9.59 Å². The van der Waals surface area contributed by atoms with Gasteiger partial charge in [-0.25, -0.2) is 9.37 Å². The van der Waals surface area contributed by atoms with Crippen LogP contribution in [0, 0.1) is 5.82 Å². The first kappa shape index (κ1) is 25.0. The van der Waals surface area contributed by atoms with Gasteiger partial charge in [-0.15, -0.1) is 0 Å². The number of hydrogen-bond acceptors (Lipinski definition) is 8. The topological polar surface area (TPSA) is 133 Å². The lowest BCUT2D eigenvalue weighted by Gasteiger charge is -2.29. The fourth-order valence-electron chi connectivity index (χ4n) is 4.81. The molecule has 2 aromatic heterocycles. The number of rotatable bonds is 7. The van der Waals surface area contributed by atoms with Crippen LogP contribution in [0.25, 0.3) is 11.7 Å². The molecule has 1 saturated carbocycles. The summed E-state index contributed by atoms with van der Waals surface area (Å²) in [4.78, 5) is 43.2. The predicted octanol–water partition coefficient (Wildman–Crippen LogP) is 2.44. The fraction of sp³-hybridized carbons (Fsp3) is 0.370. The van der Waals surface area contributed by atoms with Gasteiger partial charge in [0.2, 0.25) is 5.91 Å². The summed E-state index contributed by atoms with van der Waals surface area (Å²) in [6, 6.07) is 6.46. The molecule has 39 heavy (non-hydrogen) atoms. The number of anilines is 3. The van der Waals surface area contributed by atoms with Crippen LogP contribution in [0.4, 0.5) is 21.7 Å². The van der Waals surface area contributed by atoms with Gasteiger partial charge in [0, 0.05) is 34.9 Å². The predicted molar refractivity (Wildman–Crippen MR) is 143 cm³/mol. The van der Waals surface area contributed by atoms with Crippen LogP contribution in [0.5, 0.6) is 0 Å². The SMILES string of the molecule is CN1CCC(NC(=O)c2ccc(Nc3cc(NC4CC4)n4ncc(/C=C5\CC(=O)NC5=O)c4n3)c(F)c2)CC1. The average Bonchev–Trinajstić information content (AvgIpc) is 3.54. The standard InChI is InChI=1S/C27H29FN8O3/c1-35-8-6-19(7-9-35)31-26(38)15-2-5-21(20(28)11-15)32-22-13-23(30-18-3-4-18)36-25(33-22)17(14-29-36)10-16-12-24(37)34-27(16)39/h2,5,10-11,13-14,18-19,30H,3-4,6-9,12H2,1H3,(H,31,38)(H,32,33)(H,34,37,39)/b16-10+. The molecule has 6 rings (SSSR count). The summed E-state index contributed by atoms with van der Waals surface area (Å²) >= 11 is 0. The van der Waals surface area contributed by atoms with Gasteiger partial charge in [-0.3, -0.25) is 19.7 Å². The Labute approximate surface area is 223 Å². The van der Waals surface area contributed by atoms with Gasteiger partial charge in [-0.2, -0.15) is 9.61 Å². The van der Waals surface area contributed by atoms with Crippen LogP contribution < -0.4 is 21.3 Å². The summed E-state index contributed by atoms with van der Waals surface area (Å²) in [6.45, 7) is 1.83. The number of carbonyl (C=O) groups excluding carboxylic acids is 3. The van der Waals surface area contributed by atoms with Gasteiger partial charge in [0.05, 0.1) is 18.3 Å². The van der Waals surface area contributed by atoms with Crippen molar-refractivity contribution in [3.63, 3.8) is 0 Å². The van der Waals surface area contributed by atoms with Crippen molar-refractivity contribution in [2.24, 2.45) is 0 Å². The van der Waals surface area contributed by atoms with E-state index in [2.05, 4.69) is 43.3 Å². The minimum atomic E-state index is -0.582. The number of nitrogens with one attached hydrogen (secondary N) is 4. The molecule has 1 aliphatic carbocycles. The van der Waals surface area contributed by atoms with E-state index in [4.69, 9.17) is 0 Å². The molecule has 202 valence electrons. The van der Waals surface area contributed by atoms with Gasteiger partial charge in [-0.1, -0.05) is 0 Å². The number of hydrogen-bond donors (Lipinski definition) is 4. The molecule has 3 aliphatic rings. The zero-order valence-electron chi connectivity index (χ0n) is 21.5. The summed E-state index contributed by atoms with van der Waals surface area (Å²) in [5, 5.41) is 16.1. The van der Waals surface area contributed by atoms with Crippen LogP contribution in [0.15, 0.2) is 36.0 Å². The molecule has 1 aromatic carbocycles. The Balaban J connectivity index is 1.25. The van der Waals surface area contributed by atoms with E-state index in [0.717, 1.165) is 38.8 Å². The fourth-order valence-corrected chi connectivity index (χ4v) is 4.81. The molecule has 0 unspecified atom stereocenters. The monoisotopic (exact) mass is 532 g/mol. The van der Waals surface area contributed by atoms with Crippen LogP contribution in [0.3, 0.4) is 0 Å². The molecule has 0 spiro atoms. The molecule has 3 fully saturated rings. The van der Waals surface area contributed by atoms with E-state index in [1.54, 1.807) is 28.9 Å². The van der Waals surface area contributed by atoms with Crippen molar-refractivity contribution in [3.8, 4) is 0 Å². The number of aromatic nitrogens is 3. The van der Waals surface area contributed by atoms with Gasteiger partial charge < -0.3 is 20.9 Å². The number of likely N-dealkylation sites (tertiary alicyclic amines) is 1. The Hall–Kier alpha value is -4.32. The zero-order chi connectivity index (χ0) is 27.1. The lowest BCUT2D eigenvalue weighted by atomic mass is 10.0. The number of nitrogens with zero attached hydrogens (tertiary/aromatic N) is 4.